The molecule has 0 aliphatic heterocycles. The third-order valence-corrected chi connectivity index (χ3v) is 2.18. The normalized spacial score (nSPS) is 14.8. The third-order valence-electron chi connectivity index (χ3n) is 2.18. The van der Waals surface area contributed by atoms with E-state index in [4.69, 9.17) is 0 Å². The molecule has 0 radical (unpaired) electrons. The number of halogens is 3. The Bertz CT molecular complexity index is 169. The van der Waals surface area contributed by atoms with Gasteiger partial charge >= 0.3 is 6.18 Å². The summed E-state index contributed by atoms with van der Waals surface area (Å²) < 4.78 is 35.9. The molecule has 1 atom stereocenters. The van der Waals surface area contributed by atoms with Crippen LogP contribution in [0.25, 0.3) is 0 Å². The summed E-state index contributed by atoms with van der Waals surface area (Å²) in [6, 6.07) is 0.136. The van der Waals surface area contributed by atoms with Crippen LogP contribution in [-0.4, -0.2) is 44.3 Å². The van der Waals surface area contributed by atoms with Crippen molar-refractivity contribution in [3.05, 3.63) is 0 Å². The van der Waals surface area contributed by atoms with Crippen LogP contribution in [0.2, 0.25) is 0 Å². The van der Waals surface area contributed by atoms with Gasteiger partial charge in [0.2, 0.25) is 0 Å². The summed E-state index contributed by atoms with van der Waals surface area (Å²) >= 11 is 0. The minimum atomic E-state index is -4.06. The fraction of sp³-hybridized carbons (Fsp3) is 1.00. The van der Waals surface area contributed by atoms with Crippen LogP contribution in [0.5, 0.6) is 0 Å². The van der Waals surface area contributed by atoms with Crippen LogP contribution in [0.1, 0.15) is 26.7 Å². The highest BCUT2D eigenvalue weighted by molar-refractivity contribution is 4.71. The molecule has 0 aliphatic rings. The van der Waals surface area contributed by atoms with Crippen molar-refractivity contribution < 1.29 is 13.2 Å². The van der Waals surface area contributed by atoms with Gasteiger partial charge in [-0.05, 0) is 26.4 Å². The van der Waals surface area contributed by atoms with E-state index in [0.717, 1.165) is 13.0 Å². The summed E-state index contributed by atoms with van der Waals surface area (Å²) in [5.41, 5.74) is 0. The summed E-state index contributed by atoms with van der Waals surface area (Å²) in [7, 11) is 3.86. The molecule has 0 bridgehead atoms. The zero-order valence-electron chi connectivity index (χ0n) is 10.6. The zero-order valence-corrected chi connectivity index (χ0v) is 10.6. The maximum absolute atomic E-state index is 12.0. The summed E-state index contributed by atoms with van der Waals surface area (Å²) in [4.78, 5) is 1.99. The van der Waals surface area contributed by atoms with Crippen LogP contribution in [-0.2, 0) is 0 Å². The summed E-state index contributed by atoms with van der Waals surface area (Å²) in [5, 5.41) is 2.98. The second kappa shape index (κ2) is 7.12. The summed E-state index contributed by atoms with van der Waals surface area (Å²) in [5.74, 6) is 0.489. The highest BCUT2D eigenvalue weighted by Crippen LogP contribution is 2.18. The smallest absolute Gasteiger partial charge is 0.312 e. The molecule has 0 amide bonds. The van der Waals surface area contributed by atoms with Gasteiger partial charge in [0.25, 0.3) is 0 Å². The average molecular weight is 240 g/mol. The fourth-order valence-electron chi connectivity index (χ4n) is 1.65. The highest BCUT2D eigenvalue weighted by Gasteiger charge is 2.26. The van der Waals surface area contributed by atoms with Crippen LogP contribution in [0.4, 0.5) is 13.2 Å². The Balaban J connectivity index is 3.92. The van der Waals surface area contributed by atoms with E-state index >= 15 is 0 Å². The zero-order chi connectivity index (χ0) is 12.8. The molecule has 0 aliphatic carbocycles. The van der Waals surface area contributed by atoms with Crippen molar-refractivity contribution in [2.24, 2.45) is 5.92 Å². The SMILES string of the molecule is CC(C)CC(CN(C)C)NCCC(F)(F)F. The predicted molar refractivity (Wildman–Crippen MR) is 60.5 cm³/mol. The average Bonchev–Trinajstić information content (AvgIpc) is 1.98. The van der Waals surface area contributed by atoms with Crippen molar-refractivity contribution in [1.82, 2.24) is 10.2 Å². The maximum Gasteiger partial charge on any atom is 0.390 e. The van der Waals surface area contributed by atoms with Gasteiger partial charge in [0.1, 0.15) is 0 Å². The van der Waals surface area contributed by atoms with Crippen LogP contribution < -0.4 is 5.32 Å². The van der Waals surface area contributed by atoms with Crippen molar-refractivity contribution >= 4 is 0 Å². The number of nitrogens with one attached hydrogen (secondary N) is 1. The van der Waals surface area contributed by atoms with E-state index in [0.29, 0.717) is 5.92 Å². The molecular weight excluding hydrogens is 217 g/mol. The summed E-state index contributed by atoms with van der Waals surface area (Å²) in [6.45, 7) is 4.94. The number of hydrogen-bond acceptors (Lipinski definition) is 2. The number of hydrogen-bond donors (Lipinski definition) is 1. The molecule has 0 aromatic rings. The van der Waals surface area contributed by atoms with E-state index in [2.05, 4.69) is 19.2 Å². The van der Waals surface area contributed by atoms with Gasteiger partial charge in [0.15, 0.2) is 0 Å². The first-order valence-corrected chi connectivity index (χ1v) is 5.65. The van der Waals surface area contributed by atoms with E-state index in [1.54, 1.807) is 0 Å². The van der Waals surface area contributed by atoms with Gasteiger partial charge < -0.3 is 10.2 Å². The van der Waals surface area contributed by atoms with Gasteiger partial charge in [-0.15, -0.1) is 0 Å². The minimum absolute atomic E-state index is 0.00866. The van der Waals surface area contributed by atoms with Crippen LogP contribution in [0.3, 0.4) is 0 Å². The monoisotopic (exact) mass is 240 g/mol. The number of likely N-dealkylation sites (N-methyl/N-ethyl adjacent to an activating group) is 1. The van der Waals surface area contributed by atoms with Gasteiger partial charge in [0, 0.05) is 19.1 Å². The van der Waals surface area contributed by atoms with Crippen molar-refractivity contribution in [1.29, 1.82) is 0 Å². The molecule has 16 heavy (non-hydrogen) atoms. The van der Waals surface area contributed by atoms with E-state index < -0.39 is 12.6 Å². The minimum Gasteiger partial charge on any atom is -0.312 e. The van der Waals surface area contributed by atoms with Crippen LogP contribution in [0, 0.1) is 5.92 Å². The van der Waals surface area contributed by atoms with Crippen molar-refractivity contribution in [2.75, 3.05) is 27.2 Å². The lowest BCUT2D eigenvalue weighted by atomic mass is 10.0. The predicted octanol–water partition coefficient (Wildman–Crippen LogP) is 2.50. The Morgan fingerprint density at radius 1 is 1.19 bits per heavy atom. The molecule has 0 aromatic heterocycles. The Kier molecular flexibility index (Phi) is 6.99. The second-order valence-corrected chi connectivity index (χ2v) is 4.91. The largest absolute Gasteiger partial charge is 0.390 e. The van der Waals surface area contributed by atoms with Gasteiger partial charge in [-0.2, -0.15) is 13.2 Å². The quantitative estimate of drug-likeness (QED) is 0.735. The first-order chi connectivity index (χ1) is 7.20. The van der Waals surface area contributed by atoms with Crippen LogP contribution in [0.15, 0.2) is 0 Å². The molecule has 2 nitrogen and oxygen atoms in total. The number of rotatable bonds is 7. The Morgan fingerprint density at radius 2 is 1.75 bits per heavy atom. The van der Waals surface area contributed by atoms with Gasteiger partial charge in [0.05, 0.1) is 6.42 Å². The lowest BCUT2D eigenvalue weighted by Crippen LogP contribution is -2.40. The lowest BCUT2D eigenvalue weighted by Gasteiger charge is -2.24. The van der Waals surface area contributed by atoms with E-state index in [9.17, 15) is 13.2 Å². The molecule has 0 saturated carbocycles. The number of nitrogens with zero attached hydrogens (tertiary/aromatic N) is 1. The first kappa shape index (κ1) is 15.7. The van der Waals surface area contributed by atoms with Crippen molar-refractivity contribution in [2.45, 2.75) is 38.9 Å². The third kappa shape index (κ3) is 10.2. The fourth-order valence-corrected chi connectivity index (χ4v) is 1.65. The Labute approximate surface area is 96.2 Å². The molecule has 0 aromatic carbocycles. The van der Waals surface area contributed by atoms with E-state index in [-0.39, 0.29) is 12.6 Å². The van der Waals surface area contributed by atoms with E-state index in [1.165, 1.54) is 0 Å². The molecule has 5 heteroatoms. The molecule has 0 rings (SSSR count). The molecule has 0 fully saturated rings. The van der Waals surface area contributed by atoms with Gasteiger partial charge in [-0.25, -0.2) is 0 Å². The Morgan fingerprint density at radius 3 is 2.12 bits per heavy atom. The van der Waals surface area contributed by atoms with Gasteiger partial charge in [-0.1, -0.05) is 13.8 Å². The number of alkyl halides is 3. The molecule has 1 N–H and O–H groups in total. The van der Waals surface area contributed by atoms with E-state index in [1.807, 2.05) is 19.0 Å². The van der Waals surface area contributed by atoms with Crippen molar-refractivity contribution in [3.63, 3.8) is 0 Å². The molecule has 0 heterocycles. The molecule has 98 valence electrons. The van der Waals surface area contributed by atoms with Crippen LogP contribution >= 0.6 is 0 Å². The summed E-state index contributed by atoms with van der Waals surface area (Å²) in [6.07, 6.45) is -3.92. The first-order valence-electron chi connectivity index (χ1n) is 5.65. The molecule has 0 spiro atoms. The van der Waals surface area contributed by atoms with Crippen molar-refractivity contribution in [3.8, 4) is 0 Å². The molecule has 1 unspecified atom stereocenters. The van der Waals surface area contributed by atoms with Gasteiger partial charge in [-0.3, -0.25) is 0 Å². The standard InChI is InChI=1S/C11H23F3N2/c1-9(2)7-10(8-16(3)4)15-6-5-11(12,13)14/h9-10,15H,5-8H2,1-4H3. The molecule has 0 saturated heterocycles. The Hall–Kier alpha value is -0.290. The lowest BCUT2D eigenvalue weighted by molar-refractivity contribution is -0.133. The topological polar surface area (TPSA) is 15.3 Å². The maximum atomic E-state index is 12.0. The molecular formula is C11H23F3N2. The second-order valence-electron chi connectivity index (χ2n) is 4.91. The highest BCUT2D eigenvalue weighted by atomic mass is 19.4.